The predicted molar refractivity (Wildman–Crippen MR) is 329 cm³/mol. The summed E-state index contributed by atoms with van der Waals surface area (Å²) >= 11 is 0. The van der Waals surface area contributed by atoms with Crippen LogP contribution in [0.5, 0.6) is 34.5 Å². The van der Waals surface area contributed by atoms with Crippen LogP contribution < -0.4 is 0 Å². The van der Waals surface area contributed by atoms with Crippen LogP contribution in [0.3, 0.4) is 0 Å². The Labute approximate surface area is 458 Å². The summed E-state index contributed by atoms with van der Waals surface area (Å²) < 4.78 is 0. The summed E-state index contributed by atoms with van der Waals surface area (Å²) in [6, 6.07) is 78.6. The van der Waals surface area contributed by atoms with Crippen molar-refractivity contribution in [2.45, 2.75) is 0 Å². The summed E-state index contributed by atoms with van der Waals surface area (Å²) in [5, 5.41) is 86.7. The zero-order valence-electron chi connectivity index (χ0n) is 42.8. The van der Waals surface area contributed by atoms with Crippen molar-refractivity contribution < 1.29 is 30.6 Å². The van der Waals surface area contributed by atoms with Crippen LogP contribution in [0.15, 0.2) is 243 Å². The molecule has 0 radical (unpaired) electrons. The molecule has 0 fully saturated rings. The van der Waals surface area contributed by atoms with Gasteiger partial charge >= 0.3 is 0 Å². The molecule has 0 aliphatic carbocycles. The van der Waals surface area contributed by atoms with Gasteiger partial charge in [-0.1, -0.05) is 194 Å². The van der Waals surface area contributed by atoms with Gasteiger partial charge in [0.2, 0.25) is 0 Å². The molecule has 378 valence electrons. The first-order chi connectivity index (χ1) is 39.2. The summed E-state index contributed by atoms with van der Waals surface area (Å²) in [6.07, 6.45) is 0. The maximum absolute atomic E-state index is 12.3. The third kappa shape index (κ3) is 6.99. The van der Waals surface area contributed by atoms with Crippen LogP contribution in [0.2, 0.25) is 0 Å². The van der Waals surface area contributed by atoms with Crippen molar-refractivity contribution >= 4 is 86.2 Å². The molecule has 0 aliphatic heterocycles. The van der Waals surface area contributed by atoms with Crippen molar-refractivity contribution in [2.24, 2.45) is 0 Å². The SMILES string of the molecule is Oc1cc(O)c(-c2c3ccccc3c(-c3cc(-c4c5ccccc5c(-c5cc(-c6c7ccccc7cc7ccccc67)c(O)cc5O)c5ccccc45)c(O)cc3O)c3ccccc23)cc1-c1c2ccccc2cc2ccccc12. The Hall–Kier alpha value is -10.8. The Morgan fingerprint density at radius 1 is 0.150 bits per heavy atom. The number of hydrogen-bond acceptors (Lipinski definition) is 6. The molecule has 15 aromatic rings. The van der Waals surface area contributed by atoms with Gasteiger partial charge in [0.05, 0.1) is 0 Å². The quantitative estimate of drug-likeness (QED) is 0.0923. The molecule has 0 amide bonds. The number of phenols is 6. The Morgan fingerprint density at radius 2 is 0.300 bits per heavy atom. The van der Waals surface area contributed by atoms with Gasteiger partial charge in [0, 0.05) is 85.0 Å². The maximum Gasteiger partial charge on any atom is 0.127 e. The highest BCUT2D eigenvalue weighted by Crippen LogP contribution is 2.55. The highest BCUT2D eigenvalue weighted by atomic mass is 16.3. The molecule has 0 aliphatic rings. The zero-order valence-corrected chi connectivity index (χ0v) is 42.8. The Morgan fingerprint density at radius 3 is 0.487 bits per heavy atom. The van der Waals surface area contributed by atoms with Gasteiger partial charge in [-0.05, 0) is 117 Å². The van der Waals surface area contributed by atoms with Crippen molar-refractivity contribution in [2.75, 3.05) is 0 Å². The molecular weight excluding hydrogens is 985 g/mol. The van der Waals surface area contributed by atoms with Crippen LogP contribution in [0.1, 0.15) is 0 Å². The van der Waals surface area contributed by atoms with Gasteiger partial charge in [-0.2, -0.15) is 0 Å². The second kappa shape index (κ2) is 17.9. The van der Waals surface area contributed by atoms with Crippen LogP contribution in [0, 0.1) is 0 Å². The molecule has 15 aromatic carbocycles. The lowest BCUT2D eigenvalue weighted by atomic mass is 9.82. The number of benzene rings is 15. The van der Waals surface area contributed by atoms with Gasteiger partial charge in [0.15, 0.2) is 0 Å². The first-order valence-corrected chi connectivity index (χ1v) is 26.6. The van der Waals surface area contributed by atoms with E-state index in [1.54, 1.807) is 0 Å². The smallest absolute Gasteiger partial charge is 0.127 e. The summed E-state index contributed by atoms with van der Waals surface area (Å²) in [5.41, 5.74) is 7.85. The molecule has 0 saturated heterocycles. The molecule has 6 N–H and O–H groups in total. The van der Waals surface area contributed by atoms with E-state index >= 15 is 0 Å². The largest absolute Gasteiger partial charge is 0.507 e. The fourth-order valence-electron chi connectivity index (χ4n) is 13.0. The third-order valence-corrected chi connectivity index (χ3v) is 16.4. The number of hydrogen-bond donors (Lipinski definition) is 6. The molecule has 6 heteroatoms. The van der Waals surface area contributed by atoms with E-state index < -0.39 is 0 Å². The van der Waals surface area contributed by atoms with Crippen molar-refractivity contribution in [3.63, 3.8) is 0 Å². The van der Waals surface area contributed by atoms with Crippen LogP contribution in [-0.2, 0) is 0 Å². The van der Waals surface area contributed by atoms with Crippen LogP contribution in [-0.4, -0.2) is 30.6 Å². The Balaban J connectivity index is 0.958. The summed E-state index contributed by atoms with van der Waals surface area (Å²) in [7, 11) is 0. The minimum Gasteiger partial charge on any atom is -0.507 e. The number of fused-ring (bicyclic) bond motifs is 8. The van der Waals surface area contributed by atoms with E-state index in [9.17, 15) is 30.6 Å². The van der Waals surface area contributed by atoms with E-state index in [4.69, 9.17) is 0 Å². The molecule has 0 atom stereocenters. The summed E-state index contributed by atoms with van der Waals surface area (Å²) in [5.74, 6) is -0.525. The number of phenolic OH excluding ortho intramolecular Hbond substituents is 6. The van der Waals surface area contributed by atoms with Gasteiger partial charge < -0.3 is 30.6 Å². The van der Waals surface area contributed by atoms with E-state index in [1.165, 1.54) is 18.2 Å². The number of rotatable bonds is 6. The Bertz CT molecular complexity index is 4610. The lowest BCUT2D eigenvalue weighted by molar-refractivity contribution is 0.452. The number of aromatic hydroxyl groups is 6. The second-order valence-corrected chi connectivity index (χ2v) is 20.7. The monoisotopic (exact) mass is 1030 g/mol. The molecule has 80 heavy (non-hydrogen) atoms. The molecule has 0 bridgehead atoms. The molecule has 0 spiro atoms. The average molecular weight is 1030 g/mol. The highest BCUT2D eigenvalue weighted by Gasteiger charge is 2.27. The fourth-order valence-corrected chi connectivity index (χ4v) is 13.0. The van der Waals surface area contributed by atoms with Crippen LogP contribution in [0.4, 0.5) is 0 Å². The minimum absolute atomic E-state index is 0.0492. The Kier molecular flexibility index (Phi) is 10.4. The van der Waals surface area contributed by atoms with Gasteiger partial charge in [-0.25, -0.2) is 0 Å². The normalized spacial score (nSPS) is 11.8. The topological polar surface area (TPSA) is 121 Å². The predicted octanol–water partition coefficient (Wildman–Crippen LogP) is 19.1. The zero-order chi connectivity index (χ0) is 53.9. The molecular formula is C74H46O6. The van der Waals surface area contributed by atoms with Crippen LogP contribution in [0.25, 0.3) is 153 Å². The molecule has 6 nitrogen and oxygen atoms in total. The maximum atomic E-state index is 12.3. The van der Waals surface area contributed by atoms with Crippen molar-refractivity contribution in [3.05, 3.63) is 243 Å². The minimum atomic E-state index is -0.125. The lowest BCUT2D eigenvalue weighted by Gasteiger charge is -2.22. The second-order valence-electron chi connectivity index (χ2n) is 20.7. The first-order valence-electron chi connectivity index (χ1n) is 26.6. The fraction of sp³-hybridized carbons (Fsp3) is 0. The summed E-state index contributed by atoms with van der Waals surface area (Å²) in [4.78, 5) is 0. The molecule has 0 saturated carbocycles. The standard InChI is InChI=1S/C74H46O6/c75-63-38-65(77)59(35-57(63)69-45-21-5-1-17-41(45)33-42-18-2-6-22-46(42)69)71-49-25-9-13-29-53(49)73(54-30-14-10-26-50(54)71)61-37-62(68(80)40-67(61)79)74-55-31-15-11-27-51(55)72(52-28-12-16-32-56(52)74)60-36-58(64(76)39-66(60)78)70-47-23-7-3-19-43(47)34-44-20-4-8-24-48(44)70/h1-40,75-80H. The third-order valence-electron chi connectivity index (χ3n) is 16.4. The highest BCUT2D eigenvalue weighted by molar-refractivity contribution is 6.26. The molecule has 0 aromatic heterocycles. The molecule has 15 rings (SSSR count). The van der Waals surface area contributed by atoms with E-state index in [1.807, 2.05) is 164 Å². The van der Waals surface area contributed by atoms with Gasteiger partial charge in [-0.3, -0.25) is 0 Å². The van der Waals surface area contributed by atoms with Crippen molar-refractivity contribution in [3.8, 4) is 101 Å². The van der Waals surface area contributed by atoms with Crippen molar-refractivity contribution in [1.82, 2.24) is 0 Å². The van der Waals surface area contributed by atoms with E-state index in [0.717, 1.165) is 120 Å². The van der Waals surface area contributed by atoms with E-state index in [2.05, 4.69) is 60.7 Å². The van der Waals surface area contributed by atoms with Gasteiger partial charge in [0.25, 0.3) is 0 Å². The van der Waals surface area contributed by atoms with Crippen LogP contribution >= 0.6 is 0 Å². The lowest BCUT2D eigenvalue weighted by Crippen LogP contribution is -1.95. The molecule has 0 heterocycles. The molecule has 0 unspecified atom stereocenters. The summed E-state index contributed by atoms with van der Waals surface area (Å²) in [6.45, 7) is 0. The first kappa shape index (κ1) is 46.5. The van der Waals surface area contributed by atoms with E-state index in [-0.39, 0.29) is 34.5 Å². The van der Waals surface area contributed by atoms with Gasteiger partial charge in [0.1, 0.15) is 34.5 Å². The average Bonchev–Trinajstić information content (AvgIpc) is 3.60. The van der Waals surface area contributed by atoms with Crippen molar-refractivity contribution in [1.29, 1.82) is 0 Å². The van der Waals surface area contributed by atoms with E-state index in [0.29, 0.717) is 33.4 Å². The van der Waals surface area contributed by atoms with Gasteiger partial charge in [-0.15, -0.1) is 0 Å².